The van der Waals surface area contributed by atoms with Gasteiger partial charge in [-0.2, -0.15) is 0 Å². The number of hydrogen-bond acceptors (Lipinski definition) is 7. The average Bonchev–Trinajstić information content (AvgIpc) is 2.96. The van der Waals surface area contributed by atoms with Gasteiger partial charge in [-0.05, 0) is 74.2 Å². The fourth-order valence-electron chi connectivity index (χ4n) is 5.20. The van der Waals surface area contributed by atoms with Crippen LogP contribution >= 0.6 is 0 Å². The number of aromatic nitrogens is 1. The predicted octanol–water partition coefficient (Wildman–Crippen LogP) is 3.32. The van der Waals surface area contributed by atoms with Gasteiger partial charge >= 0.3 is 0 Å². The lowest BCUT2D eigenvalue weighted by atomic mass is 9.94. The molecule has 0 saturated carbocycles. The van der Waals surface area contributed by atoms with E-state index in [1.807, 2.05) is 19.1 Å². The number of fused-ring (bicyclic) bond motifs is 2. The van der Waals surface area contributed by atoms with Crippen molar-refractivity contribution in [3.63, 3.8) is 0 Å². The Balaban J connectivity index is 1.21. The highest BCUT2D eigenvalue weighted by Gasteiger charge is 2.39. The maximum Gasteiger partial charge on any atom is 0.261 e. The summed E-state index contributed by atoms with van der Waals surface area (Å²) >= 11 is 0. The summed E-state index contributed by atoms with van der Waals surface area (Å²) in [4.78, 5) is 31.8. The van der Waals surface area contributed by atoms with Crippen molar-refractivity contribution in [2.75, 3.05) is 24.9 Å². The molecule has 1 aromatic heterocycles. The SMILES string of the molecule is Cc1ccc(S(=O)(=O)Nc2ccc3c(c2)C(=O)N(C)[C@@H]2CC[C@H](CC(=O)NCCc4ccncc4)O[C@@H]2CO3)cc1. The number of likely N-dealkylation sites (N-methyl/N-ethyl adjacent to an activating group) is 1. The maximum absolute atomic E-state index is 13.5. The minimum atomic E-state index is -3.83. The molecule has 2 aliphatic rings. The van der Waals surface area contributed by atoms with Gasteiger partial charge in [-0.3, -0.25) is 19.3 Å². The second-order valence-electron chi connectivity index (χ2n) is 10.5. The van der Waals surface area contributed by atoms with Crippen LogP contribution in [0, 0.1) is 6.92 Å². The number of hydrogen-bond donors (Lipinski definition) is 2. The van der Waals surface area contributed by atoms with E-state index >= 15 is 0 Å². The number of sulfonamides is 1. The molecule has 1 fully saturated rings. The summed E-state index contributed by atoms with van der Waals surface area (Å²) in [5, 5.41) is 2.95. The second-order valence-corrected chi connectivity index (χ2v) is 12.1. The Morgan fingerprint density at radius 1 is 1.07 bits per heavy atom. The lowest BCUT2D eigenvalue weighted by molar-refractivity contribution is -0.134. The van der Waals surface area contributed by atoms with E-state index in [1.54, 1.807) is 48.6 Å². The Morgan fingerprint density at radius 3 is 2.59 bits per heavy atom. The number of benzene rings is 2. The van der Waals surface area contributed by atoms with Gasteiger partial charge in [0.2, 0.25) is 5.91 Å². The molecule has 2 N–H and O–H groups in total. The third-order valence-electron chi connectivity index (χ3n) is 7.49. The number of nitrogens with zero attached hydrogens (tertiary/aromatic N) is 2. The largest absolute Gasteiger partial charge is 0.490 e. The molecule has 2 aromatic carbocycles. The monoisotopic (exact) mass is 578 g/mol. The number of carbonyl (C=O) groups excluding carboxylic acids is 2. The van der Waals surface area contributed by atoms with E-state index in [-0.39, 0.29) is 53.1 Å². The molecule has 41 heavy (non-hydrogen) atoms. The molecule has 3 heterocycles. The Labute approximate surface area is 240 Å². The number of ether oxygens (including phenoxy) is 2. The molecule has 0 bridgehead atoms. The molecule has 10 nitrogen and oxygen atoms in total. The molecule has 2 amide bonds. The summed E-state index contributed by atoms with van der Waals surface area (Å²) in [6.45, 7) is 2.61. The van der Waals surface area contributed by atoms with Crippen LogP contribution in [0.4, 0.5) is 5.69 Å². The average molecular weight is 579 g/mol. The van der Waals surface area contributed by atoms with E-state index in [0.29, 0.717) is 25.1 Å². The van der Waals surface area contributed by atoms with Gasteiger partial charge in [0.1, 0.15) is 18.5 Å². The lowest BCUT2D eigenvalue weighted by Crippen LogP contribution is -2.54. The van der Waals surface area contributed by atoms with Crippen LogP contribution in [0.5, 0.6) is 5.75 Å². The van der Waals surface area contributed by atoms with Crippen LogP contribution in [0.2, 0.25) is 0 Å². The number of aryl methyl sites for hydroxylation is 1. The summed E-state index contributed by atoms with van der Waals surface area (Å²) in [5.41, 5.74) is 2.59. The normalized spacial score (nSPS) is 20.6. The van der Waals surface area contributed by atoms with Gasteiger partial charge in [0.05, 0.1) is 29.0 Å². The number of rotatable bonds is 8. The topological polar surface area (TPSA) is 127 Å². The van der Waals surface area contributed by atoms with Crippen molar-refractivity contribution in [2.45, 2.75) is 55.8 Å². The van der Waals surface area contributed by atoms with E-state index in [0.717, 1.165) is 17.5 Å². The molecule has 3 atom stereocenters. The van der Waals surface area contributed by atoms with Crippen LogP contribution in [0.3, 0.4) is 0 Å². The molecule has 2 aliphatic heterocycles. The molecule has 0 spiro atoms. The lowest BCUT2D eigenvalue weighted by Gasteiger charge is -2.42. The fourth-order valence-corrected chi connectivity index (χ4v) is 6.25. The van der Waals surface area contributed by atoms with Gasteiger partial charge in [0.25, 0.3) is 15.9 Å². The summed E-state index contributed by atoms with van der Waals surface area (Å²) in [6.07, 6.45) is 5.01. The highest BCUT2D eigenvalue weighted by molar-refractivity contribution is 7.92. The van der Waals surface area contributed by atoms with Crippen LogP contribution in [0.25, 0.3) is 0 Å². The number of amides is 2. The highest BCUT2D eigenvalue weighted by Crippen LogP contribution is 2.33. The van der Waals surface area contributed by atoms with Crippen molar-refractivity contribution >= 4 is 27.5 Å². The van der Waals surface area contributed by atoms with E-state index in [2.05, 4.69) is 15.0 Å². The van der Waals surface area contributed by atoms with Gasteiger partial charge in [-0.25, -0.2) is 8.42 Å². The third kappa shape index (κ3) is 6.86. The van der Waals surface area contributed by atoms with Crippen LogP contribution in [-0.4, -0.2) is 68.6 Å². The summed E-state index contributed by atoms with van der Waals surface area (Å²) in [5.74, 6) is -0.0233. The van der Waals surface area contributed by atoms with E-state index in [4.69, 9.17) is 9.47 Å². The third-order valence-corrected chi connectivity index (χ3v) is 8.89. The van der Waals surface area contributed by atoms with Crippen molar-refractivity contribution in [3.05, 3.63) is 83.7 Å². The van der Waals surface area contributed by atoms with Gasteiger partial charge in [0.15, 0.2) is 0 Å². The fraction of sp³-hybridized carbons (Fsp3) is 0.367. The molecule has 0 aliphatic carbocycles. The van der Waals surface area contributed by atoms with Crippen molar-refractivity contribution in [3.8, 4) is 5.75 Å². The molecule has 3 aromatic rings. The van der Waals surface area contributed by atoms with E-state index in [1.165, 1.54) is 18.2 Å². The number of pyridine rings is 1. The second kappa shape index (κ2) is 12.3. The van der Waals surface area contributed by atoms with Gasteiger partial charge in [0, 0.05) is 31.7 Å². The highest BCUT2D eigenvalue weighted by atomic mass is 32.2. The Morgan fingerprint density at radius 2 is 1.83 bits per heavy atom. The zero-order valence-corrected chi connectivity index (χ0v) is 23.9. The first kappa shape index (κ1) is 28.6. The van der Waals surface area contributed by atoms with Crippen LogP contribution in [0.15, 0.2) is 71.9 Å². The summed E-state index contributed by atoms with van der Waals surface area (Å²) < 4.78 is 40.6. The number of anilines is 1. The summed E-state index contributed by atoms with van der Waals surface area (Å²) in [7, 11) is -2.11. The summed E-state index contributed by atoms with van der Waals surface area (Å²) in [6, 6.07) is 14.8. The smallest absolute Gasteiger partial charge is 0.261 e. The van der Waals surface area contributed by atoms with E-state index < -0.39 is 16.1 Å². The molecule has 1 saturated heterocycles. The molecule has 5 rings (SSSR count). The predicted molar refractivity (Wildman–Crippen MR) is 153 cm³/mol. The first-order valence-electron chi connectivity index (χ1n) is 13.6. The van der Waals surface area contributed by atoms with Gasteiger partial charge in [-0.1, -0.05) is 17.7 Å². The minimum absolute atomic E-state index is 0.0790. The Hall–Kier alpha value is -3.96. The first-order chi connectivity index (χ1) is 19.7. The van der Waals surface area contributed by atoms with Gasteiger partial charge in [-0.15, -0.1) is 0 Å². The number of nitrogens with one attached hydrogen (secondary N) is 2. The first-order valence-corrected chi connectivity index (χ1v) is 15.1. The standard InChI is InChI=1S/C30H34N4O6S/c1-20-3-7-24(8-4-20)41(37,38)33-22-5-10-27-25(17-22)30(36)34(2)26-9-6-23(40-28(26)19-39-27)18-29(35)32-16-13-21-11-14-31-15-12-21/h3-5,7-8,10-12,14-15,17,23,26,28,33H,6,9,13,16,18-19H2,1-2H3,(H,32,35)/t23-,26-,28-/m1/s1. The molecular weight excluding hydrogens is 544 g/mol. The van der Waals surface area contributed by atoms with Crippen molar-refractivity contribution in [1.82, 2.24) is 15.2 Å². The minimum Gasteiger partial charge on any atom is -0.490 e. The molecule has 0 radical (unpaired) electrons. The Kier molecular flexibility index (Phi) is 8.55. The van der Waals surface area contributed by atoms with E-state index in [9.17, 15) is 18.0 Å². The molecule has 216 valence electrons. The van der Waals surface area contributed by atoms with Crippen LogP contribution in [-0.2, 0) is 26.0 Å². The quantitative estimate of drug-likeness (QED) is 0.420. The zero-order chi connectivity index (χ0) is 29.0. The van der Waals surface area contributed by atoms with Crippen LogP contribution < -0.4 is 14.8 Å². The molecule has 0 unspecified atom stereocenters. The zero-order valence-electron chi connectivity index (χ0n) is 23.1. The maximum atomic E-state index is 13.5. The Bertz CT molecular complexity index is 1500. The molecular formula is C30H34N4O6S. The van der Waals surface area contributed by atoms with Crippen molar-refractivity contribution in [1.29, 1.82) is 0 Å². The van der Waals surface area contributed by atoms with Gasteiger partial charge < -0.3 is 19.7 Å². The number of carbonyl (C=O) groups is 2. The molecule has 11 heteroatoms. The van der Waals surface area contributed by atoms with Crippen molar-refractivity contribution < 1.29 is 27.5 Å². The van der Waals surface area contributed by atoms with Crippen molar-refractivity contribution in [2.24, 2.45) is 0 Å². The van der Waals surface area contributed by atoms with Crippen LogP contribution in [0.1, 0.15) is 40.7 Å².